The number of carbonyl (C=O) groups is 1. The van der Waals surface area contributed by atoms with Gasteiger partial charge in [0.25, 0.3) is 5.91 Å². The van der Waals surface area contributed by atoms with Crippen LogP contribution >= 0.6 is 11.3 Å². The molecule has 0 spiro atoms. The molecule has 1 aliphatic carbocycles. The van der Waals surface area contributed by atoms with Crippen LogP contribution in [0, 0.1) is 0 Å². The number of benzene rings is 1. The Morgan fingerprint density at radius 3 is 2.71 bits per heavy atom. The second kappa shape index (κ2) is 5.93. The van der Waals surface area contributed by atoms with Crippen molar-refractivity contribution in [2.75, 3.05) is 0 Å². The van der Waals surface area contributed by atoms with Gasteiger partial charge in [0.15, 0.2) is 6.10 Å². The Morgan fingerprint density at radius 1 is 1.29 bits per heavy atom. The number of aliphatic hydroxyl groups excluding tert-OH is 2. The topological polar surface area (TPSA) is 82.5 Å². The smallest absolute Gasteiger partial charge is 0.252 e. The zero-order chi connectivity index (χ0) is 14.8. The van der Waals surface area contributed by atoms with Gasteiger partial charge < -0.3 is 15.5 Å². The highest BCUT2D eigenvalue weighted by Crippen LogP contribution is 2.28. The Morgan fingerprint density at radius 2 is 2.00 bits per heavy atom. The first-order valence-electron chi connectivity index (χ1n) is 6.82. The van der Waals surface area contributed by atoms with E-state index in [4.69, 9.17) is 0 Å². The quantitative estimate of drug-likeness (QED) is 0.748. The maximum atomic E-state index is 12.0. The second-order valence-corrected chi connectivity index (χ2v) is 6.12. The fourth-order valence-corrected chi connectivity index (χ4v) is 3.30. The summed E-state index contributed by atoms with van der Waals surface area (Å²) in [7, 11) is 0. The first-order chi connectivity index (χ1) is 10.1. The summed E-state index contributed by atoms with van der Waals surface area (Å²) in [5, 5.41) is 23.2. The normalized spacial score (nSPS) is 18.0. The summed E-state index contributed by atoms with van der Waals surface area (Å²) < 4.78 is 0.916. The molecule has 1 aromatic carbocycles. The Labute approximate surface area is 125 Å². The molecule has 0 unspecified atom stereocenters. The summed E-state index contributed by atoms with van der Waals surface area (Å²) in [6, 6.07) is 7.47. The van der Waals surface area contributed by atoms with Crippen molar-refractivity contribution in [1.29, 1.82) is 0 Å². The Hall–Kier alpha value is -1.76. The minimum absolute atomic E-state index is 0.00900. The molecule has 2 aromatic rings. The molecule has 3 rings (SSSR count). The van der Waals surface area contributed by atoms with Crippen LogP contribution in [-0.2, 0) is 4.79 Å². The Bertz CT molecular complexity index is 641. The second-order valence-electron chi connectivity index (χ2n) is 5.06. The van der Waals surface area contributed by atoms with Crippen molar-refractivity contribution in [3.63, 3.8) is 0 Å². The van der Waals surface area contributed by atoms with Crippen LogP contribution in [0.5, 0.6) is 0 Å². The van der Waals surface area contributed by atoms with E-state index in [0.717, 1.165) is 23.1 Å². The van der Waals surface area contributed by atoms with Crippen LogP contribution in [-0.4, -0.2) is 33.3 Å². The molecule has 21 heavy (non-hydrogen) atoms. The standard InChI is InChI=1S/C15H16N2O3S/c18-12(14(20)16-9-5-1-2-6-9)13(19)15-17-10-7-3-4-8-11(10)21-15/h1-4,7-9,12-13,18-19H,5-6H2,(H,16,20)/t12-,13+/m0/s1. The Balaban J connectivity index is 1.70. The molecule has 0 aliphatic heterocycles. The third-order valence-electron chi connectivity index (χ3n) is 3.49. The van der Waals surface area contributed by atoms with E-state index in [1.54, 1.807) is 0 Å². The summed E-state index contributed by atoms with van der Waals surface area (Å²) >= 11 is 1.28. The Kier molecular flexibility index (Phi) is 4.01. The lowest BCUT2D eigenvalue weighted by atomic mass is 10.1. The minimum atomic E-state index is -1.51. The highest BCUT2D eigenvalue weighted by molar-refractivity contribution is 7.18. The van der Waals surface area contributed by atoms with Gasteiger partial charge in [-0.05, 0) is 25.0 Å². The van der Waals surface area contributed by atoms with Gasteiger partial charge >= 0.3 is 0 Å². The monoisotopic (exact) mass is 304 g/mol. The van der Waals surface area contributed by atoms with Crippen LogP contribution < -0.4 is 5.32 Å². The number of fused-ring (bicyclic) bond motifs is 1. The van der Waals surface area contributed by atoms with E-state index < -0.39 is 18.1 Å². The van der Waals surface area contributed by atoms with Gasteiger partial charge in [0, 0.05) is 6.04 Å². The van der Waals surface area contributed by atoms with Gasteiger partial charge in [0.05, 0.1) is 10.2 Å². The fourth-order valence-electron chi connectivity index (χ4n) is 2.32. The molecule has 0 radical (unpaired) electrons. The van der Waals surface area contributed by atoms with Crippen molar-refractivity contribution in [3.05, 3.63) is 41.4 Å². The largest absolute Gasteiger partial charge is 0.383 e. The zero-order valence-electron chi connectivity index (χ0n) is 11.3. The molecule has 0 saturated carbocycles. The predicted molar refractivity (Wildman–Crippen MR) is 80.9 cm³/mol. The minimum Gasteiger partial charge on any atom is -0.383 e. The summed E-state index contributed by atoms with van der Waals surface area (Å²) in [6.45, 7) is 0. The maximum Gasteiger partial charge on any atom is 0.252 e. The van der Waals surface area contributed by atoms with Gasteiger partial charge in [0.1, 0.15) is 11.1 Å². The number of rotatable bonds is 4. The number of nitrogens with one attached hydrogen (secondary N) is 1. The molecule has 1 aliphatic rings. The van der Waals surface area contributed by atoms with E-state index in [2.05, 4.69) is 10.3 Å². The third kappa shape index (κ3) is 2.97. The molecule has 3 N–H and O–H groups in total. The van der Waals surface area contributed by atoms with E-state index >= 15 is 0 Å². The number of hydrogen-bond acceptors (Lipinski definition) is 5. The average molecular weight is 304 g/mol. The van der Waals surface area contributed by atoms with Crippen molar-refractivity contribution < 1.29 is 15.0 Å². The number of aromatic nitrogens is 1. The lowest BCUT2D eigenvalue weighted by molar-refractivity contribution is -0.136. The van der Waals surface area contributed by atoms with Crippen molar-refractivity contribution >= 4 is 27.5 Å². The number of thiazole rings is 1. The molecule has 6 heteroatoms. The van der Waals surface area contributed by atoms with Gasteiger partial charge in [-0.2, -0.15) is 0 Å². The summed E-state index contributed by atoms with van der Waals surface area (Å²) in [4.78, 5) is 16.2. The number of aliphatic hydroxyl groups is 2. The first kappa shape index (κ1) is 14.2. The first-order valence-corrected chi connectivity index (χ1v) is 7.64. The average Bonchev–Trinajstić information content (AvgIpc) is 3.14. The molecule has 1 heterocycles. The van der Waals surface area contributed by atoms with E-state index in [0.29, 0.717) is 5.01 Å². The molecular formula is C15H16N2O3S. The van der Waals surface area contributed by atoms with Crippen LogP contribution in [0.3, 0.4) is 0 Å². The van der Waals surface area contributed by atoms with Crippen LogP contribution in [0.1, 0.15) is 24.0 Å². The molecule has 0 fully saturated rings. The summed E-state index contributed by atoms with van der Waals surface area (Å²) in [5.41, 5.74) is 0.754. The molecule has 0 saturated heterocycles. The molecule has 110 valence electrons. The van der Waals surface area contributed by atoms with Crippen LogP contribution in [0.2, 0.25) is 0 Å². The fraction of sp³-hybridized carbons (Fsp3) is 0.333. The van der Waals surface area contributed by atoms with Gasteiger partial charge in [-0.1, -0.05) is 24.3 Å². The van der Waals surface area contributed by atoms with Crippen LogP contribution in [0.15, 0.2) is 36.4 Å². The van der Waals surface area contributed by atoms with Crippen molar-refractivity contribution in [3.8, 4) is 0 Å². The number of para-hydroxylation sites is 1. The van der Waals surface area contributed by atoms with Gasteiger partial charge in [-0.3, -0.25) is 4.79 Å². The van der Waals surface area contributed by atoms with Gasteiger partial charge in [-0.25, -0.2) is 4.98 Å². The van der Waals surface area contributed by atoms with E-state index in [1.165, 1.54) is 11.3 Å². The molecule has 1 aromatic heterocycles. The van der Waals surface area contributed by atoms with Crippen LogP contribution in [0.25, 0.3) is 10.2 Å². The third-order valence-corrected chi connectivity index (χ3v) is 4.59. The van der Waals surface area contributed by atoms with Crippen molar-refractivity contribution in [1.82, 2.24) is 10.3 Å². The number of carbonyl (C=O) groups excluding carboxylic acids is 1. The predicted octanol–water partition coefficient (Wildman–Crippen LogP) is 1.53. The number of hydrogen-bond donors (Lipinski definition) is 3. The lowest BCUT2D eigenvalue weighted by Gasteiger charge is -2.18. The molecule has 1 amide bonds. The zero-order valence-corrected chi connectivity index (χ0v) is 12.1. The number of amides is 1. The maximum absolute atomic E-state index is 12.0. The van der Waals surface area contributed by atoms with E-state index in [-0.39, 0.29) is 6.04 Å². The SMILES string of the molecule is O=C(NC1CC=CC1)[C@@H](O)[C@@H](O)c1nc2ccccc2s1. The molecular weight excluding hydrogens is 288 g/mol. The van der Waals surface area contributed by atoms with Gasteiger partial charge in [-0.15, -0.1) is 11.3 Å². The van der Waals surface area contributed by atoms with Crippen molar-refractivity contribution in [2.24, 2.45) is 0 Å². The van der Waals surface area contributed by atoms with Gasteiger partial charge in [0.2, 0.25) is 0 Å². The summed E-state index contributed by atoms with van der Waals surface area (Å²) in [5.74, 6) is -0.560. The van der Waals surface area contributed by atoms with Crippen molar-refractivity contribution in [2.45, 2.75) is 31.1 Å². The number of nitrogens with zero attached hydrogens (tertiary/aromatic N) is 1. The lowest BCUT2D eigenvalue weighted by Crippen LogP contribution is -2.42. The molecule has 5 nitrogen and oxygen atoms in total. The summed E-state index contributed by atoms with van der Waals surface area (Å²) in [6.07, 6.45) is 2.68. The van der Waals surface area contributed by atoms with E-state index in [9.17, 15) is 15.0 Å². The van der Waals surface area contributed by atoms with E-state index in [1.807, 2.05) is 36.4 Å². The highest BCUT2D eigenvalue weighted by Gasteiger charge is 2.29. The highest BCUT2D eigenvalue weighted by atomic mass is 32.1. The molecule has 2 atom stereocenters. The van der Waals surface area contributed by atoms with Crippen LogP contribution in [0.4, 0.5) is 0 Å². The molecule has 0 bridgehead atoms.